The molecule has 1 N–H and O–H groups in total. The van der Waals surface area contributed by atoms with Gasteiger partial charge in [-0.1, -0.05) is 32.9 Å². The van der Waals surface area contributed by atoms with Crippen LogP contribution in [-0.4, -0.2) is 70.4 Å². The number of carbonyl (C=O) groups excluding carboxylic acids is 1. The lowest BCUT2D eigenvalue weighted by Gasteiger charge is -2.35. The number of anilines is 1. The van der Waals surface area contributed by atoms with Gasteiger partial charge in [0.2, 0.25) is 11.9 Å². The number of nitrogens with one attached hydrogen (secondary N) is 1. The summed E-state index contributed by atoms with van der Waals surface area (Å²) >= 11 is 0. The van der Waals surface area contributed by atoms with E-state index in [9.17, 15) is 9.59 Å². The fourth-order valence-corrected chi connectivity index (χ4v) is 4.03. The highest BCUT2D eigenvalue weighted by molar-refractivity contribution is 5.83. The van der Waals surface area contributed by atoms with Crippen molar-refractivity contribution in [3.8, 4) is 0 Å². The monoisotopic (exact) mass is 464 g/mol. The molecule has 1 aliphatic rings. The van der Waals surface area contributed by atoms with Crippen molar-refractivity contribution in [2.45, 2.75) is 39.0 Å². The van der Waals surface area contributed by atoms with Gasteiger partial charge in [0.05, 0.1) is 31.2 Å². The molecule has 3 aromatic rings. The number of piperazine rings is 1. The average molecular weight is 465 g/mol. The summed E-state index contributed by atoms with van der Waals surface area (Å²) in [5, 5.41) is 7.80. The van der Waals surface area contributed by atoms with Crippen molar-refractivity contribution in [1.82, 2.24) is 25.1 Å². The lowest BCUT2D eigenvalue weighted by molar-refractivity contribution is -0.132. The zero-order valence-corrected chi connectivity index (χ0v) is 20.1. The second-order valence-corrected chi connectivity index (χ2v) is 9.58. The van der Waals surface area contributed by atoms with Crippen molar-refractivity contribution in [2.24, 2.45) is 0 Å². The second-order valence-electron chi connectivity index (χ2n) is 9.58. The molecule has 0 unspecified atom stereocenters. The molecule has 0 aliphatic carbocycles. The number of benzene rings is 1. The van der Waals surface area contributed by atoms with Crippen LogP contribution in [0.4, 0.5) is 5.95 Å². The van der Waals surface area contributed by atoms with Crippen molar-refractivity contribution in [3.05, 3.63) is 58.3 Å². The molecule has 180 valence electrons. The molecule has 9 nitrogen and oxygen atoms in total. The fraction of sp³-hybridized carbons (Fsp3) is 0.480. The van der Waals surface area contributed by atoms with E-state index in [0.29, 0.717) is 50.5 Å². The van der Waals surface area contributed by atoms with Crippen molar-refractivity contribution >= 4 is 22.6 Å². The van der Waals surface area contributed by atoms with E-state index in [0.717, 1.165) is 29.6 Å². The van der Waals surface area contributed by atoms with Gasteiger partial charge in [-0.2, -0.15) is 5.10 Å². The summed E-state index contributed by atoms with van der Waals surface area (Å²) < 4.78 is 5.72. The number of fused-ring (bicyclic) bond motifs is 1. The van der Waals surface area contributed by atoms with E-state index in [1.165, 1.54) is 0 Å². The van der Waals surface area contributed by atoms with E-state index in [4.69, 9.17) is 4.74 Å². The van der Waals surface area contributed by atoms with E-state index in [1.54, 1.807) is 12.3 Å². The molecule has 4 rings (SSSR count). The summed E-state index contributed by atoms with van der Waals surface area (Å²) in [6.07, 6.45) is 6.46. The molecule has 0 bridgehead atoms. The highest BCUT2D eigenvalue weighted by Gasteiger charge is 2.23. The normalized spacial score (nSPS) is 14.6. The quantitative estimate of drug-likeness (QED) is 0.535. The Morgan fingerprint density at radius 3 is 2.47 bits per heavy atom. The van der Waals surface area contributed by atoms with Crippen molar-refractivity contribution in [2.75, 3.05) is 44.3 Å². The summed E-state index contributed by atoms with van der Waals surface area (Å²) in [5.74, 6) is 0.818. The number of hydrogen-bond acceptors (Lipinski definition) is 7. The zero-order chi connectivity index (χ0) is 24.1. The van der Waals surface area contributed by atoms with Gasteiger partial charge < -0.3 is 14.5 Å². The Bertz CT molecular complexity index is 1180. The molecule has 1 fully saturated rings. The van der Waals surface area contributed by atoms with Crippen LogP contribution < -0.4 is 10.5 Å². The number of H-pyrrole nitrogens is 1. The van der Waals surface area contributed by atoms with Crippen LogP contribution in [0.25, 0.3) is 10.8 Å². The Labute approximate surface area is 199 Å². The highest BCUT2D eigenvalue weighted by atomic mass is 16.5. The molecule has 0 radical (unpaired) electrons. The smallest absolute Gasteiger partial charge is 0.272 e. The minimum atomic E-state index is -0.195. The van der Waals surface area contributed by atoms with Crippen LogP contribution >= 0.6 is 0 Å². The van der Waals surface area contributed by atoms with Crippen LogP contribution in [0.3, 0.4) is 0 Å². The van der Waals surface area contributed by atoms with E-state index < -0.39 is 0 Å². The maximum atomic E-state index is 12.6. The Kier molecular flexibility index (Phi) is 7.21. The number of ether oxygens (including phenoxy) is 1. The number of carbonyl (C=O) groups is 1. The third kappa shape index (κ3) is 5.59. The molecule has 0 saturated carbocycles. The van der Waals surface area contributed by atoms with E-state index >= 15 is 0 Å². The first-order valence-electron chi connectivity index (χ1n) is 11.7. The molecule has 1 amide bonds. The molecule has 1 aromatic carbocycles. The first-order valence-corrected chi connectivity index (χ1v) is 11.7. The van der Waals surface area contributed by atoms with Crippen molar-refractivity contribution in [1.29, 1.82) is 0 Å². The van der Waals surface area contributed by atoms with Crippen LogP contribution in [-0.2, 0) is 21.4 Å². The van der Waals surface area contributed by atoms with Gasteiger partial charge in [0.15, 0.2) is 0 Å². The maximum Gasteiger partial charge on any atom is 0.272 e. The first kappa shape index (κ1) is 23.8. The standard InChI is InChI=1S/C25H32N6O3/c1-25(2,3)19-15-26-24(27-16-19)31-11-9-30(10-12-31)22(32)8-14-34-13-7-18-5-4-6-20-21(18)17-28-29-23(20)33/h4-6,15-17H,7-14H2,1-3H3,(H,29,33). The second kappa shape index (κ2) is 10.3. The van der Waals surface area contributed by atoms with Gasteiger partial charge in [0.25, 0.3) is 5.56 Å². The third-order valence-corrected chi connectivity index (χ3v) is 6.20. The molecule has 0 spiro atoms. The van der Waals surface area contributed by atoms with Crippen molar-refractivity contribution < 1.29 is 9.53 Å². The van der Waals surface area contributed by atoms with Gasteiger partial charge in [0, 0.05) is 44.0 Å². The number of rotatable bonds is 7. The fourth-order valence-electron chi connectivity index (χ4n) is 4.03. The molecule has 0 atom stereocenters. The van der Waals surface area contributed by atoms with Crippen LogP contribution in [0.5, 0.6) is 0 Å². The minimum Gasteiger partial charge on any atom is -0.381 e. The Hall–Kier alpha value is -3.33. The van der Waals surface area contributed by atoms with Crippen LogP contribution in [0.2, 0.25) is 0 Å². The SMILES string of the molecule is CC(C)(C)c1cnc(N2CCN(C(=O)CCOCCc3cccc4c(=O)[nH]ncc34)CC2)nc1. The largest absolute Gasteiger partial charge is 0.381 e. The summed E-state index contributed by atoms with van der Waals surface area (Å²) in [7, 11) is 0. The Balaban J connectivity index is 1.19. The minimum absolute atomic E-state index is 0.0248. The topological polar surface area (TPSA) is 104 Å². The molecule has 2 aromatic heterocycles. The predicted octanol–water partition coefficient (Wildman–Crippen LogP) is 2.31. The number of aromatic amines is 1. The lowest BCUT2D eigenvalue weighted by atomic mass is 9.89. The van der Waals surface area contributed by atoms with E-state index in [2.05, 4.69) is 45.8 Å². The van der Waals surface area contributed by atoms with Gasteiger partial charge in [-0.25, -0.2) is 15.1 Å². The zero-order valence-electron chi connectivity index (χ0n) is 20.1. The number of amides is 1. The van der Waals surface area contributed by atoms with E-state index in [1.807, 2.05) is 29.4 Å². The predicted molar refractivity (Wildman–Crippen MR) is 131 cm³/mol. The van der Waals surface area contributed by atoms with Gasteiger partial charge in [-0.05, 0) is 29.0 Å². The molecule has 9 heteroatoms. The summed E-state index contributed by atoms with van der Waals surface area (Å²) in [5.41, 5.74) is 1.95. The highest BCUT2D eigenvalue weighted by Crippen LogP contribution is 2.22. The number of nitrogens with zero attached hydrogens (tertiary/aromatic N) is 5. The molecule has 1 saturated heterocycles. The van der Waals surface area contributed by atoms with Crippen LogP contribution in [0.15, 0.2) is 41.6 Å². The average Bonchev–Trinajstić information content (AvgIpc) is 2.84. The Morgan fingerprint density at radius 2 is 1.76 bits per heavy atom. The summed E-state index contributed by atoms with van der Waals surface area (Å²) in [6.45, 7) is 10.0. The first-order chi connectivity index (χ1) is 16.3. The van der Waals surface area contributed by atoms with Crippen LogP contribution in [0.1, 0.15) is 38.3 Å². The molecular weight excluding hydrogens is 432 g/mol. The molecule has 3 heterocycles. The summed E-state index contributed by atoms with van der Waals surface area (Å²) in [4.78, 5) is 37.5. The molecular formula is C25H32N6O3. The molecule has 1 aliphatic heterocycles. The van der Waals surface area contributed by atoms with Gasteiger partial charge in [0.1, 0.15) is 0 Å². The van der Waals surface area contributed by atoms with E-state index in [-0.39, 0.29) is 16.9 Å². The van der Waals surface area contributed by atoms with Crippen molar-refractivity contribution in [3.63, 3.8) is 0 Å². The number of hydrogen-bond donors (Lipinski definition) is 1. The van der Waals surface area contributed by atoms with Gasteiger partial charge >= 0.3 is 0 Å². The van der Waals surface area contributed by atoms with Crippen LogP contribution in [0, 0.1) is 0 Å². The number of aromatic nitrogens is 4. The Morgan fingerprint density at radius 1 is 1.03 bits per heavy atom. The third-order valence-electron chi connectivity index (χ3n) is 6.20. The lowest BCUT2D eigenvalue weighted by Crippen LogP contribution is -2.49. The summed E-state index contributed by atoms with van der Waals surface area (Å²) in [6, 6.07) is 5.61. The van der Waals surface area contributed by atoms with Gasteiger partial charge in [-0.3, -0.25) is 9.59 Å². The molecule has 34 heavy (non-hydrogen) atoms. The van der Waals surface area contributed by atoms with Gasteiger partial charge in [-0.15, -0.1) is 0 Å². The maximum absolute atomic E-state index is 12.6.